The summed E-state index contributed by atoms with van der Waals surface area (Å²) < 4.78 is 1.57. The molecular weight excluding hydrogens is 310 g/mol. The fourth-order valence-electron chi connectivity index (χ4n) is 2.48. The third-order valence-corrected chi connectivity index (χ3v) is 4.07. The van der Waals surface area contributed by atoms with Gasteiger partial charge in [0, 0.05) is 29.9 Å². The molecule has 2 heterocycles. The van der Waals surface area contributed by atoms with E-state index in [-0.39, 0.29) is 11.6 Å². The maximum Gasteiger partial charge on any atom is 0.258 e. The van der Waals surface area contributed by atoms with Crippen molar-refractivity contribution in [3.63, 3.8) is 0 Å². The summed E-state index contributed by atoms with van der Waals surface area (Å²) in [6.07, 6.45) is 1.80. The van der Waals surface area contributed by atoms with E-state index in [4.69, 9.17) is 11.6 Å². The van der Waals surface area contributed by atoms with Crippen molar-refractivity contribution >= 4 is 17.2 Å². The van der Waals surface area contributed by atoms with E-state index in [0.717, 1.165) is 21.8 Å². The molecule has 4 nitrogen and oxygen atoms in total. The second-order valence-corrected chi connectivity index (χ2v) is 6.11. The molecule has 1 atom stereocenters. The minimum absolute atomic E-state index is 0.0605. The van der Waals surface area contributed by atoms with Gasteiger partial charge in [-0.2, -0.15) is 0 Å². The van der Waals surface area contributed by atoms with Crippen molar-refractivity contribution in [3.8, 4) is 0 Å². The van der Waals surface area contributed by atoms with E-state index in [1.54, 1.807) is 16.7 Å². The van der Waals surface area contributed by atoms with Crippen molar-refractivity contribution in [1.82, 2.24) is 14.7 Å². The number of pyridine rings is 1. The molecule has 118 valence electrons. The van der Waals surface area contributed by atoms with Crippen LogP contribution in [0.2, 0.25) is 5.02 Å². The Morgan fingerprint density at radius 3 is 2.70 bits per heavy atom. The highest BCUT2D eigenvalue weighted by Crippen LogP contribution is 2.16. The molecule has 0 saturated carbocycles. The molecule has 0 radical (unpaired) electrons. The molecule has 23 heavy (non-hydrogen) atoms. The second-order valence-electron chi connectivity index (χ2n) is 5.67. The van der Waals surface area contributed by atoms with E-state index in [9.17, 15) is 4.79 Å². The van der Waals surface area contributed by atoms with E-state index < -0.39 is 0 Å². The highest BCUT2D eigenvalue weighted by molar-refractivity contribution is 6.30. The molecule has 0 bridgehead atoms. The minimum Gasteiger partial charge on any atom is -0.305 e. The predicted octanol–water partition coefficient (Wildman–Crippen LogP) is 3.51. The van der Waals surface area contributed by atoms with Gasteiger partial charge in [0.1, 0.15) is 5.65 Å². The van der Waals surface area contributed by atoms with E-state index in [1.807, 2.05) is 43.3 Å². The van der Waals surface area contributed by atoms with Crippen LogP contribution in [0.3, 0.4) is 0 Å². The van der Waals surface area contributed by atoms with Gasteiger partial charge in [-0.3, -0.25) is 9.20 Å². The van der Waals surface area contributed by atoms with Crippen molar-refractivity contribution in [2.24, 2.45) is 0 Å². The lowest BCUT2D eigenvalue weighted by Gasteiger charge is -2.14. The number of benzene rings is 1. The summed E-state index contributed by atoms with van der Waals surface area (Å²) in [7, 11) is 0. The Bertz CT molecular complexity index is 887. The molecule has 0 saturated heterocycles. The third-order valence-electron chi connectivity index (χ3n) is 3.82. The van der Waals surface area contributed by atoms with Crippen LogP contribution in [0.4, 0.5) is 0 Å². The summed E-state index contributed by atoms with van der Waals surface area (Å²) >= 11 is 5.91. The van der Waals surface area contributed by atoms with Gasteiger partial charge in [-0.05, 0) is 43.2 Å². The summed E-state index contributed by atoms with van der Waals surface area (Å²) in [6.45, 7) is 4.55. The normalized spacial score (nSPS) is 12.5. The standard InChI is InChI=1S/C18H18ClN3O/c1-12-3-8-17-21-16(9-18(23)22(17)11-12)10-20-13(2)14-4-6-15(19)7-5-14/h3-9,11,13,20H,10H2,1-2H3. The van der Waals surface area contributed by atoms with Gasteiger partial charge in [-0.1, -0.05) is 29.8 Å². The largest absolute Gasteiger partial charge is 0.305 e. The molecule has 0 aliphatic carbocycles. The van der Waals surface area contributed by atoms with Crippen LogP contribution >= 0.6 is 11.6 Å². The van der Waals surface area contributed by atoms with Gasteiger partial charge in [-0.25, -0.2) is 4.98 Å². The van der Waals surface area contributed by atoms with Crippen LogP contribution in [0.15, 0.2) is 53.5 Å². The van der Waals surface area contributed by atoms with Crippen molar-refractivity contribution in [2.45, 2.75) is 26.4 Å². The van der Waals surface area contributed by atoms with Gasteiger partial charge < -0.3 is 5.32 Å². The Hall–Kier alpha value is -2.17. The first-order valence-electron chi connectivity index (χ1n) is 7.51. The summed E-state index contributed by atoms with van der Waals surface area (Å²) in [4.78, 5) is 16.7. The molecule has 3 rings (SSSR count). The molecule has 1 aromatic carbocycles. The first-order chi connectivity index (χ1) is 11.0. The Labute approximate surface area is 139 Å². The van der Waals surface area contributed by atoms with Gasteiger partial charge >= 0.3 is 0 Å². The van der Waals surface area contributed by atoms with E-state index in [1.165, 1.54) is 0 Å². The van der Waals surface area contributed by atoms with Crippen LogP contribution in [0, 0.1) is 6.92 Å². The Morgan fingerprint density at radius 1 is 1.22 bits per heavy atom. The maximum atomic E-state index is 12.2. The lowest BCUT2D eigenvalue weighted by Crippen LogP contribution is -2.22. The van der Waals surface area contributed by atoms with Gasteiger partial charge in [0.2, 0.25) is 0 Å². The smallest absolute Gasteiger partial charge is 0.258 e. The lowest BCUT2D eigenvalue weighted by molar-refractivity contribution is 0.567. The highest BCUT2D eigenvalue weighted by atomic mass is 35.5. The fraction of sp³-hybridized carbons (Fsp3) is 0.222. The maximum absolute atomic E-state index is 12.2. The molecule has 0 aliphatic heterocycles. The number of halogens is 1. The van der Waals surface area contributed by atoms with Crippen molar-refractivity contribution in [2.75, 3.05) is 0 Å². The molecule has 3 aromatic rings. The lowest BCUT2D eigenvalue weighted by atomic mass is 10.1. The number of aryl methyl sites for hydroxylation is 1. The van der Waals surface area contributed by atoms with Crippen molar-refractivity contribution < 1.29 is 0 Å². The van der Waals surface area contributed by atoms with Crippen LogP contribution < -0.4 is 10.9 Å². The van der Waals surface area contributed by atoms with Crippen LogP contribution in [0.25, 0.3) is 5.65 Å². The SMILES string of the molecule is Cc1ccc2nc(CNC(C)c3ccc(Cl)cc3)cc(=O)n2c1. The molecule has 0 aliphatic rings. The molecule has 1 N–H and O–H groups in total. The second kappa shape index (κ2) is 6.52. The molecule has 0 amide bonds. The Morgan fingerprint density at radius 2 is 1.96 bits per heavy atom. The topological polar surface area (TPSA) is 46.4 Å². The third kappa shape index (κ3) is 3.60. The first-order valence-corrected chi connectivity index (χ1v) is 7.88. The number of hydrogen-bond acceptors (Lipinski definition) is 3. The number of fused-ring (bicyclic) bond motifs is 1. The fourth-order valence-corrected chi connectivity index (χ4v) is 2.60. The zero-order valence-electron chi connectivity index (χ0n) is 13.1. The van der Waals surface area contributed by atoms with E-state index >= 15 is 0 Å². The summed E-state index contributed by atoms with van der Waals surface area (Å²) in [5.74, 6) is 0. The van der Waals surface area contributed by atoms with Crippen LogP contribution in [-0.4, -0.2) is 9.38 Å². The van der Waals surface area contributed by atoms with E-state index in [0.29, 0.717) is 12.2 Å². The van der Waals surface area contributed by atoms with Gasteiger partial charge in [-0.15, -0.1) is 0 Å². The monoisotopic (exact) mass is 327 g/mol. The first kappa shape index (κ1) is 15.7. The molecule has 5 heteroatoms. The number of nitrogens with zero attached hydrogens (tertiary/aromatic N) is 2. The Balaban J connectivity index is 1.78. The van der Waals surface area contributed by atoms with Gasteiger partial charge in [0.25, 0.3) is 5.56 Å². The number of rotatable bonds is 4. The molecule has 0 spiro atoms. The molecule has 2 aromatic heterocycles. The number of aromatic nitrogens is 2. The summed E-state index contributed by atoms with van der Waals surface area (Å²) in [6, 6.07) is 13.3. The zero-order chi connectivity index (χ0) is 16.4. The van der Waals surface area contributed by atoms with Gasteiger partial charge in [0.15, 0.2) is 0 Å². The van der Waals surface area contributed by atoms with Crippen LogP contribution in [0.5, 0.6) is 0 Å². The number of hydrogen-bond donors (Lipinski definition) is 1. The molecule has 0 fully saturated rings. The quantitative estimate of drug-likeness (QED) is 0.797. The zero-order valence-corrected chi connectivity index (χ0v) is 13.8. The Kier molecular flexibility index (Phi) is 4.46. The highest BCUT2D eigenvalue weighted by Gasteiger charge is 2.07. The average molecular weight is 328 g/mol. The van der Waals surface area contributed by atoms with Gasteiger partial charge in [0.05, 0.1) is 5.69 Å². The predicted molar refractivity (Wildman–Crippen MR) is 92.9 cm³/mol. The molecular formula is C18H18ClN3O. The number of nitrogens with one attached hydrogen (secondary N) is 1. The summed E-state index contributed by atoms with van der Waals surface area (Å²) in [5, 5.41) is 4.11. The minimum atomic E-state index is -0.0605. The van der Waals surface area contributed by atoms with E-state index in [2.05, 4.69) is 17.2 Å². The van der Waals surface area contributed by atoms with Crippen molar-refractivity contribution in [1.29, 1.82) is 0 Å². The van der Waals surface area contributed by atoms with Crippen LogP contribution in [0.1, 0.15) is 29.8 Å². The molecule has 1 unspecified atom stereocenters. The summed E-state index contributed by atoms with van der Waals surface area (Å²) in [5.41, 5.74) is 3.51. The van der Waals surface area contributed by atoms with Crippen LogP contribution in [-0.2, 0) is 6.54 Å². The van der Waals surface area contributed by atoms with Crippen molar-refractivity contribution in [3.05, 3.63) is 80.9 Å². The average Bonchev–Trinajstić information content (AvgIpc) is 2.54.